The second kappa shape index (κ2) is 8.85. The van der Waals surface area contributed by atoms with Gasteiger partial charge in [0, 0.05) is 23.1 Å². The molecule has 35 heavy (non-hydrogen) atoms. The lowest BCUT2D eigenvalue weighted by Crippen LogP contribution is -2.00. The van der Waals surface area contributed by atoms with E-state index in [0.717, 1.165) is 17.5 Å². The van der Waals surface area contributed by atoms with E-state index in [1.807, 2.05) is 24.3 Å². The van der Waals surface area contributed by atoms with Crippen LogP contribution in [0.5, 0.6) is 5.75 Å². The zero-order chi connectivity index (χ0) is 24.6. The van der Waals surface area contributed by atoms with E-state index in [2.05, 4.69) is 9.97 Å². The van der Waals surface area contributed by atoms with Crippen LogP contribution < -0.4 is 0 Å². The number of furan rings is 1. The van der Waals surface area contributed by atoms with Crippen molar-refractivity contribution in [2.75, 3.05) is 0 Å². The number of nitrogens with zero attached hydrogens (tertiary/aromatic N) is 3. The summed E-state index contributed by atoms with van der Waals surface area (Å²) in [6.07, 6.45) is 0. The fraction of sp³-hybridized carbons (Fsp3) is 0. The number of aromatic hydroxyl groups is 1. The molecular weight excluding hydrogens is 490 g/mol. The van der Waals surface area contributed by atoms with E-state index >= 15 is 0 Å². The fourth-order valence-electron chi connectivity index (χ4n) is 3.36. The molecule has 1 N–H and O–H groups in total. The van der Waals surface area contributed by atoms with Gasteiger partial charge in [-0.05, 0) is 54.6 Å². The van der Waals surface area contributed by atoms with E-state index in [0.29, 0.717) is 39.1 Å². The summed E-state index contributed by atoms with van der Waals surface area (Å²) in [5, 5.41) is 21.3. The lowest BCUT2D eigenvalue weighted by Gasteiger charge is -2.08. The number of rotatable bonds is 6. The Morgan fingerprint density at radius 1 is 0.886 bits per heavy atom. The largest absolute Gasteiger partial charge is 0.508 e. The van der Waals surface area contributed by atoms with Crippen LogP contribution in [0.4, 0.5) is 5.69 Å². The minimum Gasteiger partial charge on any atom is -0.508 e. The van der Waals surface area contributed by atoms with Crippen LogP contribution in [-0.4, -0.2) is 28.4 Å². The number of nitro groups is 1. The number of para-hydroxylation sites is 1. The summed E-state index contributed by atoms with van der Waals surface area (Å²) in [5.41, 5.74) is 1.88. The summed E-state index contributed by atoms with van der Waals surface area (Å²) in [6.45, 7) is 0. The van der Waals surface area contributed by atoms with Crippen molar-refractivity contribution in [1.29, 1.82) is 0 Å². The Labute approximate surface area is 202 Å². The van der Waals surface area contributed by atoms with Crippen LogP contribution >= 0.6 is 10.8 Å². The van der Waals surface area contributed by atoms with Crippen LogP contribution in [-0.2, 0) is 8.87 Å². The number of hydrogen-bond donors (Lipinski definition) is 1. The predicted molar refractivity (Wildman–Crippen MR) is 130 cm³/mol. The standard InChI is InChI=1S/C24H15N3O6S2/c28-18-9-5-15(6-10-18)20-14-21(23-13-16-3-1-2-4-22(16)33-23)26-24(25-20)34-35(31,32)19-11-7-17(8-12-19)27(29)30/h1-14,28H. The van der Waals surface area contributed by atoms with Crippen LogP contribution in [0.2, 0.25) is 0 Å². The third-order valence-corrected chi connectivity index (χ3v) is 8.15. The first kappa shape index (κ1) is 22.6. The first-order chi connectivity index (χ1) is 16.8. The number of benzene rings is 3. The Hall–Kier alpha value is -4.22. The van der Waals surface area contributed by atoms with Gasteiger partial charge in [0.15, 0.2) is 5.76 Å². The van der Waals surface area contributed by atoms with Gasteiger partial charge in [0.1, 0.15) is 17.0 Å². The number of hydrogen-bond acceptors (Lipinski definition) is 9. The molecule has 0 unspecified atom stereocenters. The van der Waals surface area contributed by atoms with E-state index in [4.69, 9.17) is 4.42 Å². The summed E-state index contributed by atoms with van der Waals surface area (Å²) in [6, 6.07) is 21.8. The Kier molecular flexibility index (Phi) is 5.71. The van der Waals surface area contributed by atoms with Crippen LogP contribution in [0.25, 0.3) is 33.7 Å². The van der Waals surface area contributed by atoms with E-state index in [-0.39, 0.29) is 21.5 Å². The zero-order valence-corrected chi connectivity index (χ0v) is 19.4. The summed E-state index contributed by atoms with van der Waals surface area (Å²) >= 11 is 0. The van der Waals surface area contributed by atoms with Crippen molar-refractivity contribution in [1.82, 2.24) is 9.97 Å². The molecule has 0 amide bonds. The number of aromatic nitrogens is 2. The van der Waals surface area contributed by atoms with Gasteiger partial charge in [0.05, 0.1) is 26.3 Å². The number of fused-ring (bicyclic) bond motifs is 1. The Morgan fingerprint density at radius 2 is 1.57 bits per heavy atom. The lowest BCUT2D eigenvalue weighted by molar-refractivity contribution is -0.384. The van der Waals surface area contributed by atoms with E-state index in [1.165, 1.54) is 24.3 Å². The molecule has 0 bridgehead atoms. The number of nitro benzene ring substituents is 1. The highest BCUT2D eigenvalue weighted by molar-refractivity contribution is 8.72. The molecule has 2 aromatic heterocycles. The smallest absolute Gasteiger partial charge is 0.269 e. The maximum atomic E-state index is 13.0. The highest BCUT2D eigenvalue weighted by Gasteiger charge is 2.22. The number of non-ortho nitro benzene ring substituents is 1. The molecule has 0 radical (unpaired) electrons. The highest BCUT2D eigenvalue weighted by Crippen LogP contribution is 2.34. The van der Waals surface area contributed by atoms with Gasteiger partial charge < -0.3 is 9.52 Å². The topological polar surface area (TPSA) is 136 Å². The molecule has 5 rings (SSSR count). The molecule has 2 heterocycles. The normalized spacial score (nSPS) is 11.5. The molecule has 5 aromatic rings. The second-order valence-electron chi connectivity index (χ2n) is 7.40. The van der Waals surface area contributed by atoms with Crippen molar-refractivity contribution in [3.05, 3.63) is 95.0 Å². The molecule has 0 aliphatic carbocycles. The van der Waals surface area contributed by atoms with Gasteiger partial charge in [-0.2, -0.15) is 0 Å². The van der Waals surface area contributed by atoms with Crippen molar-refractivity contribution in [2.45, 2.75) is 10.1 Å². The van der Waals surface area contributed by atoms with Gasteiger partial charge in [0.25, 0.3) is 5.69 Å². The van der Waals surface area contributed by atoms with Crippen molar-refractivity contribution < 1.29 is 22.9 Å². The number of phenols is 1. The molecule has 0 fully saturated rings. The van der Waals surface area contributed by atoms with Gasteiger partial charge in [0.2, 0.25) is 14.0 Å². The van der Waals surface area contributed by atoms with E-state index < -0.39 is 13.8 Å². The second-order valence-corrected chi connectivity index (χ2v) is 11.1. The fourth-order valence-corrected chi connectivity index (χ4v) is 5.83. The molecule has 174 valence electrons. The average Bonchev–Trinajstić information content (AvgIpc) is 3.29. The lowest BCUT2D eigenvalue weighted by atomic mass is 10.1. The molecule has 9 nitrogen and oxygen atoms in total. The summed E-state index contributed by atoms with van der Waals surface area (Å²) < 4.78 is 32.0. The van der Waals surface area contributed by atoms with E-state index in [9.17, 15) is 23.6 Å². The zero-order valence-electron chi connectivity index (χ0n) is 17.7. The van der Waals surface area contributed by atoms with Gasteiger partial charge in [-0.1, -0.05) is 18.2 Å². The van der Waals surface area contributed by atoms with Crippen LogP contribution in [0.15, 0.2) is 99.4 Å². The van der Waals surface area contributed by atoms with Crippen LogP contribution in [0.1, 0.15) is 0 Å². The van der Waals surface area contributed by atoms with Gasteiger partial charge in [-0.25, -0.2) is 18.4 Å². The van der Waals surface area contributed by atoms with Gasteiger partial charge in [-0.3, -0.25) is 10.1 Å². The first-order valence-electron chi connectivity index (χ1n) is 10.1. The minimum absolute atomic E-state index is 0.0515. The average molecular weight is 506 g/mol. The Balaban J connectivity index is 1.59. The summed E-state index contributed by atoms with van der Waals surface area (Å²) in [7, 11) is -3.56. The molecule has 0 spiro atoms. The molecule has 3 aromatic carbocycles. The number of phenolic OH excluding ortho intramolecular Hbond substituents is 1. The SMILES string of the molecule is O=[N+]([O-])c1ccc(S(=O)(=O)Sc2nc(-c3ccc(O)cc3)cc(-c3cc4ccccc4o3)n2)cc1. The maximum absolute atomic E-state index is 13.0. The monoisotopic (exact) mass is 505 g/mol. The molecule has 0 saturated heterocycles. The quantitative estimate of drug-likeness (QED) is 0.134. The maximum Gasteiger partial charge on any atom is 0.269 e. The molecule has 11 heteroatoms. The minimum atomic E-state index is -3.99. The van der Waals surface area contributed by atoms with Gasteiger partial charge >= 0.3 is 0 Å². The molecule has 0 aliphatic heterocycles. The Bertz CT molecular complexity index is 1630. The predicted octanol–water partition coefficient (Wildman–Crippen LogP) is 5.65. The van der Waals surface area contributed by atoms with Crippen molar-refractivity contribution in [3.63, 3.8) is 0 Å². The van der Waals surface area contributed by atoms with Crippen molar-refractivity contribution in [2.24, 2.45) is 0 Å². The summed E-state index contributed by atoms with van der Waals surface area (Å²) in [5.74, 6) is 0.513. The van der Waals surface area contributed by atoms with Crippen LogP contribution in [0, 0.1) is 10.1 Å². The molecule has 0 aliphatic rings. The molecular formula is C24H15N3O6S2. The van der Waals surface area contributed by atoms with Gasteiger partial charge in [-0.15, -0.1) is 0 Å². The highest BCUT2D eigenvalue weighted by atomic mass is 33.1. The summed E-state index contributed by atoms with van der Waals surface area (Å²) in [4.78, 5) is 19.0. The third kappa shape index (κ3) is 4.72. The Morgan fingerprint density at radius 3 is 2.26 bits per heavy atom. The van der Waals surface area contributed by atoms with Crippen molar-refractivity contribution in [3.8, 4) is 28.5 Å². The van der Waals surface area contributed by atoms with E-state index in [1.54, 1.807) is 24.3 Å². The van der Waals surface area contributed by atoms with Crippen molar-refractivity contribution >= 4 is 36.3 Å². The third-order valence-electron chi connectivity index (χ3n) is 5.07. The molecule has 0 saturated carbocycles. The molecule has 0 atom stereocenters. The van der Waals surface area contributed by atoms with Crippen LogP contribution in [0.3, 0.4) is 0 Å². The first-order valence-corrected chi connectivity index (χ1v) is 13.0.